The Hall–Kier alpha value is -1.81. The molecule has 1 atom stereocenters. The number of amides is 1. The Morgan fingerprint density at radius 2 is 1.95 bits per heavy atom. The molecule has 20 heavy (non-hydrogen) atoms. The Balaban J connectivity index is 2.37. The van der Waals surface area contributed by atoms with Crippen LogP contribution in [0, 0.1) is 13.8 Å². The lowest BCUT2D eigenvalue weighted by Crippen LogP contribution is -2.28. The predicted molar refractivity (Wildman–Crippen MR) is 85.6 cm³/mol. The fraction of sp³-hybridized carbons (Fsp3) is 0.188. The average molecular weight is 333 g/mol. The highest BCUT2D eigenvalue weighted by atomic mass is 79.9. The van der Waals surface area contributed by atoms with Crippen molar-refractivity contribution in [2.75, 3.05) is 5.32 Å². The summed E-state index contributed by atoms with van der Waals surface area (Å²) in [5.74, 6) is -0.390. The molecule has 1 unspecified atom stereocenters. The van der Waals surface area contributed by atoms with Crippen molar-refractivity contribution in [2.24, 2.45) is 5.73 Å². The number of carbonyl (C=O) groups is 1. The van der Waals surface area contributed by atoms with Gasteiger partial charge in [0, 0.05) is 10.2 Å². The van der Waals surface area contributed by atoms with Gasteiger partial charge >= 0.3 is 0 Å². The Bertz CT molecular complexity index is 640. The van der Waals surface area contributed by atoms with Crippen LogP contribution in [-0.2, 0) is 4.79 Å². The molecule has 0 aliphatic rings. The quantitative estimate of drug-likeness (QED) is 0.896. The smallest absolute Gasteiger partial charge is 0.244 e. The Kier molecular flexibility index (Phi) is 4.45. The fourth-order valence-corrected chi connectivity index (χ4v) is 2.52. The van der Waals surface area contributed by atoms with Gasteiger partial charge in [-0.1, -0.05) is 45.8 Å². The van der Waals surface area contributed by atoms with Crippen LogP contribution in [0.25, 0.3) is 0 Å². The zero-order valence-corrected chi connectivity index (χ0v) is 13.1. The van der Waals surface area contributed by atoms with E-state index in [9.17, 15) is 4.79 Å². The highest BCUT2D eigenvalue weighted by molar-refractivity contribution is 9.10. The molecular weight excluding hydrogens is 316 g/mol. The predicted octanol–water partition coefficient (Wildman–Crippen LogP) is 3.70. The molecule has 3 nitrogen and oxygen atoms in total. The van der Waals surface area contributed by atoms with E-state index in [0.717, 1.165) is 26.9 Å². The Morgan fingerprint density at radius 1 is 1.20 bits per heavy atom. The van der Waals surface area contributed by atoms with Gasteiger partial charge in [0.25, 0.3) is 0 Å². The minimum Gasteiger partial charge on any atom is -0.370 e. The van der Waals surface area contributed by atoms with Gasteiger partial charge in [0.05, 0.1) is 0 Å². The van der Waals surface area contributed by atoms with E-state index in [-0.39, 0.29) is 0 Å². The molecule has 2 rings (SSSR count). The molecule has 2 aromatic carbocycles. The maximum Gasteiger partial charge on any atom is 0.244 e. The van der Waals surface area contributed by atoms with Crippen molar-refractivity contribution in [1.82, 2.24) is 0 Å². The minimum atomic E-state index is -0.538. The second-order valence-electron chi connectivity index (χ2n) is 4.85. The number of hydrogen-bond acceptors (Lipinski definition) is 2. The molecule has 0 bridgehead atoms. The maximum absolute atomic E-state index is 11.8. The summed E-state index contributed by atoms with van der Waals surface area (Å²) in [5, 5.41) is 3.20. The normalized spacial score (nSPS) is 11.9. The molecule has 0 spiro atoms. The second kappa shape index (κ2) is 6.09. The van der Waals surface area contributed by atoms with Crippen LogP contribution in [-0.4, -0.2) is 5.91 Å². The summed E-state index contributed by atoms with van der Waals surface area (Å²) in [6.45, 7) is 3.98. The van der Waals surface area contributed by atoms with E-state index in [4.69, 9.17) is 5.73 Å². The number of benzene rings is 2. The van der Waals surface area contributed by atoms with E-state index in [1.54, 1.807) is 0 Å². The molecule has 4 heteroatoms. The number of aryl methyl sites for hydroxylation is 2. The van der Waals surface area contributed by atoms with Crippen LogP contribution in [0.4, 0.5) is 5.69 Å². The summed E-state index contributed by atoms with van der Waals surface area (Å²) in [6, 6.07) is 13.2. The Morgan fingerprint density at radius 3 is 2.60 bits per heavy atom. The number of carbonyl (C=O) groups excluding carboxylic acids is 1. The fourth-order valence-electron chi connectivity index (χ4n) is 2.12. The highest BCUT2D eigenvalue weighted by Gasteiger charge is 2.19. The van der Waals surface area contributed by atoms with Gasteiger partial charge in [-0.15, -0.1) is 0 Å². The molecule has 0 radical (unpaired) electrons. The summed E-state index contributed by atoms with van der Waals surface area (Å²) in [7, 11) is 0. The van der Waals surface area contributed by atoms with Crippen LogP contribution in [0.15, 0.2) is 46.9 Å². The van der Waals surface area contributed by atoms with E-state index in [2.05, 4.69) is 21.2 Å². The van der Waals surface area contributed by atoms with Crippen LogP contribution in [0.1, 0.15) is 22.7 Å². The molecule has 1 amide bonds. The third-order valence-electron chi connectivity index (χ3n) is 3.17. The third-order valence-corrected chi connectivity index (χ3v) is 3.66. The van der Waals surface area contributed by atoms with Crippen molar-refractivity contribution >= 4 is 27.5 Å². The van der Waals surface area contributed by atoms with Gasteiger partial charge in [-0.25, -0.2) is 0 Å². The van der Waals surface area contributed by atoms with Gasteiger partial charge in [-0.2, -0.15) is 0 Å². The summed E-state index contributed by atoms with van der Waals surface area (Å²) in [4.78, 5) is 11.8. The second-order valence-corrected chi connectivity index (χ2v) is 5.77. The molecule has 3 N–H and O–H groups in total. The van der Waals surface area contributed by atoms with Gasteiger partial charge in [0.15, 0.2) is 0 Å². The standard InChI is InChI=1S/C16H17BrN2O/c1-10-6-7-11(2)14(8-10)15(16(18)20)19-13-5-3-4-12(17)9-13/h3-9,15,19H,1-2H3,(H2,18,20). The number of nitrogens with two attached hydrogens (primary N) is 1. The molecule has 0 aromatic heterocycles. The summed E-state index contributed by atoms with van der Waals surface area (Å²) < 4.78 is 0.951. The molecule has 0 saturated carbocycles. The number of hydrogen-bond donors (Lipinski definition) is 2. The first kappa shape index (κ1) is 14.6. The van der Waals surface area contributed by atoms with E-state index in [1.165, 1.54) is 0 Å². The lowest BCUT2D eigenvalue weighted by atomic mass is 9.98. The summed E-state index contributed by atoms with van der Waals surface area (Å²) in [6.07, 6.45) is 0. The van der Waals surface area contributed by atoms with Crippen molar-refractivity contribution < 1.29 is 4.79 Å². The molecule has 104 valence electrons. The third kappa shape index (κ3) is 3.39. The Labute approximate surface area is 127 Å². The number of nitrogens with one attached hydrogen (secondary N) is 1. The topological polar surface area (TPSA) is 55.1 Å². The van der Waals surface area contributed by atoms with E-state index >= 15 is 0 Å². The van der Waals surface area contributed by atoms with Gasteiger partial charge in [-0.05, 0) is 43.2 Å². The number of halogens is 1. The zero-order chi connectivity index (χ0) is 14.7. The first-order valence-corrected chi connectivity index (χ1v) is 7.15. The molecule has 0 aliphatic carbocycles. The van der Waals surface area contributed by atoms with Crippen molar-refractivity contribution in [1.29, 1.82) is 0 Å². The first-order chi connectivity index (χ1) is 9.47. The largest absolute Gasteiger partial charge is 0.370 e. The molecule has 0 heterocycles. The van der Waals surface area contributed by atoms with Gasteiger partial charge in [0.2, 0.25) is 5.91 Å². The molecule has 2 aromatic rings. The van der Waals surface area contributed by atoms with E-state index in [1.807, 2.05) is 56.3 Å². The number of primary amides is 1. The SMILES string of the molecule is Cc1ccc(C)c(C(Nc2cccc(Br)c2)C(N)=O)c1. The zero-order valence-electron chi connectivity index (χ0n) is 11.5. The maximum atomic E-state index is 11.8. The number of anilines is 1. The van der Waals surface area contributed by atoms with Gasteiger partial charge in [-0.3, -0.25) is 4.79 Å². The number of rotatable bonds is 4. The molecular formula is C16H17BrN2O. The lowest BCUT2D eigenvalue weighted by Gasteiger charge is -2.20. The van der Waals surface area contributed by atoms with E-state index in [0.29, 0.717) is 0 Å². The van der Waals surface area contributed by atoms with Crippen molar-refractivity contribution in [2.45, 2.75) is 19.9 Å². The van der Waals surface area contributed by atoms with Crippen molar-refractivity contribution in [3.05, 3.63) is 63.6 Å². The van der Waals surface area contributed by atoms with Gasteiger partial charge in [0.1, 0.15) is 6.04 Å². The first-order valence-electron chi connectivity index (χ1n) is 6.36. The van der Waals surface area contributed by atoms with Crippen LogP contribution >= 0.6 is 15.9 Å². The lowest BCUT2D eigenvalue weighted by molar-refractivity contribution is -0.118. The van der Waals surface area contributed by atoms with Crippen LogP contribution < -0.4 is 11.1 Å². The molecule has 0 fully saturated rings. The van der Waals surface area contributed by atoms with Crippen LogP contribution in [0.2, 0.25) is 0 Å². The summed E-state index contributed by atoms with van der Waals surface area (Å²) >= 11 is 3.42. The summed E-state index contributed by atoms with van der Waals surface area (Å²) in [5.41, 5.74) is 9.47. The van der Waals surface area contributed by atoms with Crippen LogP contribution in [0.3, 0.4) is 0 Å². The van der Waals surface area contributed by atoms with Crippen molar-refractivity contribution in [3.63, 3.8) is 0 Å². The monoisotopic (exact) mass is 332 g/mol. The van der Waals surface area contributed by atoms with Crippen molar-refractivity contribution in [3.8, 4) is 0 Å². The molecule has 0 aliphatic heterocycles. The van der Waals surface area contributed by atoms with Gasteiger partial charge < -0.3 is 11.1 Å². The highest BCUT2D eigenvalue weighted by Crippen LogP contribution is 2.25. The van der Waals surface area contributed by atoms with E-state index < -0.39 is 11.9 Å². The minimum absolute atomic E-state index is 0.390. The average Bonchev–Trinajstić information content (AvgIpc) is 2.39. The molecule has 0 saturated heterocycles. The van der Waals surface area contributed by atoms with Crippen LogP contribution in [0.5, 0.6) is 0 Å².